The SMILES string of the molecule is [CH3][Sn]([CH3])([CH3])[c]1ccccc1C1CCN(C2CCCCC2)CC1. The maximum absolute atomic E-state index is 2.82. The Balaban J connectivity index is 1.66. The molecule has 1 aromatic carbocycles. The molecule has 0 spiro atoms. The number of rotatable bonds is 3. The number of piperidine rings is 1. The van der Waals surface area contributed by atoms with Gasteiger partial charge in [0.15, 0.2) is 0 Å². The quantitative estimate of drug-likeness (QED) is 0.656. The minimum atomic E-state index is -1.99. The summed E-state index contributed by atoms with van der Waals surface area (Å²) in [4.78, 5) is 10.5. The van der Waals surface area contributed by atoms with E-state index in [9.17, 15) is 0 Å². The van der Waals surface area contributed by atoms with Crippen molar-refractivity contribution in [2.24, 2.45) is 0 Å². The van der Waals surface area contributed by atoms with Crippen molar-refractivity contribution in [3.63, 3.8) is 0 Å². The molecule has 0 N–H and O–H groups in total. The summed E-state index contributed by atoms with van der Waals surface area (Å²) in [6.07, 6.45) is 10.1. The molecule has 3 rings (SSSR count). The zero-order valence-electron chi connectivity index (χ0n) is 14.8. The molecular weight excluding hydrogens is 373 g/mol. The molecule has 1 heterocycles. The summed E-state index contributed by atoms with van der Waals surface area (Å²) in [5.74, 6) is 0.826. The fourth-order valence-electron chi connectivity index (χ4n) is 4.56. The number of benzene rings is 1. The van der Waals surface area contributed by atoms with Crippen LogP contribution >= 0.6 is 0 Å². The Morgan fingerprint density at radius 1 is 0.864 bits per heavy atom. The van der Waals surface area contributed by atoms with Crippen LogP contribution in [0.25, 0.3) is 0 Å². The van der Waals surface area contributed by atoms with E-state index in [0.717, 1.165) is 12.0 Å². The predicted molar refractivity (Wildman–Crippen MR) is 99.8 cm³/mol. The first-order valence-corrected chi connectivity index (χ1v) is 19.4. The van der Waals surface area contributed by atoms with Gasteiger partial charge in [-0.15, -0.1) is 0 Å². The summed E-state index contributed by atoms with van der Waals surface area (Å²) in [6.45, 7) is 2.67. The standard InChI is InChI=1S/C17H24N.3CH3.Sn/c1-3-7-15(8-4-1)16-11-13-18(14-12-16)17-9-5-2-6-10-17;;;;/h1,3-4,7,16-17H,2,5-6,9-14H2;3*1H3;. The van der Waals surface area contributed by atoms with Gasteiger partial charge in [0.25, 0.3) is 0 Å². The van der Waals surface area contributed by atoms with Crippen molar-refractivity contribution in [3.8, 4) is 0 Å². The monoisotopic (exact) mass is 407 g/mol. The van der Waals surface area contributed by atoms with E-state index in [1.54, 1.807) is 9.14 Å². The number of hydrogen-bond acceptors (Lipinski definition) is 1. The maximum atomic E-state index is 2.82. The average Bonchev–Trinajstić information content (AvgIpc) is 2.55. The molecule has 22 heavy (non-hydrogen) atoms. The van der Waals surface area contributed by atoms with Crippen LogP contribution < -0.4 is 3.58 Å². The van der Waals surface area contributed by atoms with Crippen LogP contribution in [0.4, 0.5) is 0 Å². The molecule has 1 saturated carbocycles. The molecular formula is C20H33NSn. The van der Waals surface area contributed by atoms with Crippen molar-refractivity contribution in [2.75, 3.05) is 13.1 Å². The van der Waals surface area contributed by atoms with E-state index in [1.807, 2.05) is 0 Å². The van der Waals surface area contributed by atoms with E-state index >= 15 is 0 Å². The second-order valence-electron chi connectivity index (χ2n) is 8.44. The molecule has 1 aromatic rings. The summed E-state index contributed by atoms with van der Waals surface area (Å²) in [5, 5.41) is 0. The van der Waals surface area contributed by atoms with Crippen molar-refractivity contribution in [1.82, 2.24) is 4.90 Å². The third kappa shape index (κ3) is 3.90. The van der Waals surface area contributed by atoms with E-state index in [4.69, 9.17) is 0 Å². The van der Waals surface area contributed by atoms with Crippen LogP contribution in [-0.4, -0.2) is 42.4 Å². The van der Waals surface area contributed by atoms with Gasteiger partial charge in [0.2, 0.25) is 0 Å². The molecule has 0 bridgehead atoms. The number of hydrogen-bond donors (Lipinski definition) is 0. The van der Waals surface area contributed by atoms with Gasteiger partial charge in [-0.2, -0.15) is 0 Å². The first-order chi connectivity index (χ1) is 10.6. The molecule has 1 nitrogen and oxygen atoms in total. The van der Waals surface area contributed by atoms with Crippen molar-refractivity contribution in [3.05, 3.63) is 29.8 Å². The Morgan fingerprint density at radius 3 is 2.14 bits per heavy atom. The molecule has 0 amide bonds. The molecule has 1 aliphatic heterocycles. The van der Waals surface area contributed by atoms with Crippen LogP contribution in [0.3, 0.4) is 0 Å². The zero-order valence-corrected chi connectivity index (χ0v) is 17.6. The van der Waals surface area contributed by atoms with Gasteiger partial charge in [-0.3, -0.25) is 0 Å². The van der Waals surface area contributed by atoms with Crippen molar-refractivity contribution in [2.45, 2.75) is 71.7 Å². The van der Waals surface area contributed by atoms with Gasteiger partial charge in [0.05, 0.1) is 0 Å². The Bertz CT molecular complexity index is 477. The molecule has 0 aromatic heterocycles. The molecule has 0 unspecified atom stereocenters. The zero-order chi connectivity index (χ0) is 15.6. The number of likely N-dealkylation sites (tertiary alicyclic amines) is 1. The Hall–Kier alpha value is -0.0213. The van der Waals surface area contributed by atoms with Crippen LogP contribution in [0.15, 0.2) is 24.3 Å². The summed E-state index contributed by atoms with van der Waals surface area (Å²) in [6, 6.07) is 10.3. The van der Waals surface area contributed by atoms with Crippen molar-refractivity contribution in [1.29, 1.82) is 0 Å². The van der Waals surface area contributed by atoms with E-state index in [0.29, 0.717) is 0 Å². The van der Waals surface area contributed by atoms with Gasteiger partial charge in [0.1, 0.15) is 0 Å². The van der Waals surface area contributed by atoms with Gasteiger partial charge >= 0.3 is 141 Å². The summed E-state index contributed by atoms with van der Waals surface area (Å²) >= 11 is -1.99. The van der Waals surface area contributed by atoms with Crippen molar-refractivity contribution >= 4 is 22.0 Å². The molecule has 1 aliphatic carbocycles. The van der Waals surface area contributed by atoms with Crippen LogP contribution in [0.1, 0.15) is 56.4 Å². The number of nitrogens with zero attached hydrogens (tertiary/aromatic N) is 1. The second kappa shape index (κ2) is 7.25. The van der Waals surface area contributed by atoms with Gasteiger partial charge < -0.3 is 0 Å². The Labute approximate surface area is 141 Å². The van der Waals surface area contributed by atoms with Gasteiger partial charge in [0, 0.05) is 0 Å². The summed E-state index contributed by atoms with van der Waals surface area (Å²) < 4.78 is 1.77. The molecule has 0 radical (unpaired) electrons. The molecule has 122 valence electrons. The van der Waals surface area contributed by atoms with Crippen LogP contribution in [0, 0.1) is 0 Å². The van der Waals surface area contributed by atoms with Crippen molar-refractivity contribution < 1.29 is 0 Å². The molecule has 2 fully saturated rings. The third-order valence-corrected chi connectivity index (χ3v) is 11.7. The van der Waals surface area contributed by atoms with E-state index < -0.39 is 18.4 Å². The Kier molecular flexibility index (Phi) is 5.55. The minimum absolute atomic E-state index is 0.826. The van der Waals surface area contributed by atoms with Crippen LogP contribution in [0.2, 0.25) is 14.8 Å². The van der Waals surface area contributed by atoms with Crippen LogP contribution in [-0.2, 0) is 0 Å². The molecule has 2 aliphatic rings. The van der Waals surface area contributed by atoms with E-state index in [1.165, 1.54) is 58.0 Å². The van der Waals surface area contributed by atoms with Gasteiger partial charge in [-0.1, -0.05) is 0 Å². The average molecular weight is 406 g/mol. The second-order valence-corrected chi connectivity index (χ2v) is 22.8. The fraction of sp³-hybridized carbons (Fsp3) is 0.700. The first-order valence-electron chi connectivity index (χ1n) is 9.39. The van der Waals surface area contributed by atoms with Gasteiger partial charge in [-0.25, -0.2) is 0 Å². The molecule has 0 atom stereocenters. The molecule has 2 heteroatoms. The van der Waals surface area contributed by atoms with E-state index in [-0.39, 0.29) is 0 Å². The normalized spacial score (nSPS) is 22.9. The summed E-state index contributed by atoms with van der Waals surface area (Å²) in [7, 11) is 0. The predicted octanol–water partition coefficient (Wildman–Crippen LogP) is 4.74. The van der Waals surface area contributed by atoms with Crippen LogP contribution in [0.5, 0.6) is 0 Å². The summed E-state index contributed by atoms with van der Waals surface area (Å²) in [5.41, 5.74) is 1.72. The third-order valence-electron chi connectivity index (χ3n) is 5.83. The molecule has 1 saturated heterocycles. The first kappa shape index (κ1) is 16.8. The topological polar surface area (TPSA) is 3.24 Å². The van der Waals surface area contributed by atoms with E-state index in [2.05, 4.69) is 44.0 Å². The van der Waals surface area contributed by atoms with Gasteiger partial charge in [-0.05, 0) is 0 Å². The Morgan fingerprint density at radius 2 is 1.50 bits per heavy atom. The fourth-order valence-corrected chi connectivity index (χ4v) is 9.55.